The minimum absolute atomic E-state index is 0.0328. The Morgan fingerprint density at radius 3 is 2.42 bits per heavy atom. The Balaban J connectivity index is 1.29. The number of nitrogens with zero attached hydrogens (tertiary/aromatic N) is 1. The molecule has 0 radical (unpaired) electrons. The SMILES string of the molecule is C[C@H](NS(=O)(=O)c1ccc(Cl)cc1)C(=O)N1CCC(C(=O)Nc2ccc3c(c2)OCO3)CC1. The van der Waals surface area contributed by atoms with Crippen molar-refractivity contribution in [2.45, 2.75) is 30.7 Å². The lowest BCUT2D eigenvalue weighted by Gasteiger charge is -2.33. The molecule has 4 rings (SSSR count). The average Bonchev–Trinajstić information content (AvgIpc) is 3.26. The monoisotopic (exact) mass is 493 g/mol. The normalized spacial score (nSPS) is 17.0. The van der Waals surface area contributed by atoms with E-state index in [1.807, 2.05) is 0 Å². The van der Waals surface area contributed by atoms with Crippen LogP contribution < -0.4 is 19.5 Å². The minimum atomic E-state index is -3.86. The smallest absolute Gasteiger partial charge is 0.241 e. The number of hydrogen-bond acceptors (Lipinski definition) is 6. The lowest BCUT2D eigenvalue weighted by Crippen LogP contribution is -2.50. The highest BCUT2D eigenvalue weighted by atomic mass is 35.5. The van der Waals surface area contributed by atoms with Gasteiger partial charge in [0.1, 0.15) is 0 Å². The molecule has 0 bridgehead atoms. The second kappa shape index (κ2) is 9.58. The maximum Gasteiger partial charge on any atom is 0.241 e. The van der Waals surface area contributed by atoms with Gasteiger partial charge in [0.2, 0.25) is 28.6 Å². The Morgan fingerprint density at radius 1 is 1.06 bits per heavy atom. The molecule has 0 aliphatic carbocycles. The van der Waals surface area contributed by atoms with E-state index in [1.165, 1.54) is 31.2 Å². The van der Waals surface area contributed by atoms with Gasteiger partial charge in [-0.05, 0) is 56.2 Å². The van der Waals surface area contributed by atoms with Gasteiger partial charge in [-0.3, -0.25) is 9.59 Å². The van der Waals surface area contributed by atoms with Crippen molar-refractivity contribution in [1.82, 2.24) is 9.62 Å². The summed E-state index contributed by atoms with van der Waals surface area (Å²) in [4.78, 5) is 27.1. The molecule has 1 atom stereocenters. The molecule has 176 valence electrons. The summed E-state index contributed by atoms with van der Waals surface area (Å²) in [6.07, 6.45) is 0.970. The van der Waals surface area contributed by atoms with Crippen molar-refractivity contribution in [3.8, 4) is 11.5 Å². The van der Waals surface area contributed by atoms with Gasteiger partial charge in [0, 0.05) is 35.8 Å². The summed E-state index contributed by atoms with van der Waals surface area (Å²) in [5.41, 5.74) is 0.619. The van der Waals surface area contributed by atoms with Crippen molar-refractivity contribution < 1.29 is 27.5 Å². The quantitative estimate of drug-likeness (QED) is 0.639. The Bertz CT molecular complexity index is 1150. The lowest BCUT2D eigenvalue weighted by atomic mass is 9.95. The molecule has 2 N–H and O–H groups in total. The van der Waals surface area contributed by atoms with Gasteiger partial charge in [-0.25, -0.2) is 8.42 Å². The third-order valence-electron chi connectivity index (χ3n) is 5.64. The third kappa shape index (κ3) is 5.40. The van der Waals surface area contributed by atoms with Gasteiger partial charge < -0.3 is 19.7 Å². The largest absolute Gasteiger partial charge is 0.454 e. The number of carbonyl (C=O) groups is 2. The maximum absolute atomic E-state index is 12.8. The van der Waals surface area contributed by atoms with Gasteiger partial charge in [-0.15, -0.1) is 0 Å². The van der Waals surface area contributed by atoms with Crippen molar-refractivity contribution >= 4 is 39.1 Å². The van der Waals surface area contributed by atoms with Crippen LogP contribution in [0.1, 0.15) is 19.8 Å². The van der Waals surface area contributed by atoms with Crippen LogP contribution in [0.4, 0.5) is 5.69 Å². The number of sulfonamides is 1. The summed E-state index contributed by atoms with van der Waals surface area (Å²) < 4.78 is 38.1. The molecular formula is C22H24ClN3O6S. The van der Waals surface area contributed by atoms with Gasteiger partial charge >= 0.3 is 0 Å². The van der Waals surface area contributed by atoms with Gasteiger partial charge in [-0.2, -0.15) is 4.72 Å². The molecule has 0 spiro atoms. The number of rotatable bonds is 6. The average molecular weight is 494 g/mol. The second-order valence-corrected chi connectivity index (χ2v) is 10.1. The van der Waals surface area contributed by atoms with Crippen molar-refractivity contribution in [1.29, 1.82) is 0 Å². The number of nitrogens with one attached hydrogen (secondary N) is 2. The van der Waals surface area contributed by atoms with Crippen molar-refractivity contribution in [2.75, 3.05) is 25.2 Å². The predicted octanol–water partition coefficient (Wildman–Crippen LogP) is 2.61. The van der Waals surface area contributed by atoms with E-state index in [-0.39, 0.29) is 29.4 Å². The number of piperidine rings is 1. The first kappa shape index (κ1) is 23.3. The van der Waals surface area contributed by atoms with Gasteiger partial charge in [-0.1, -0.05) is 11.6 Å². The number of likely N-dealkylation sites (tertiary alicyclic amines) is 1. The number of carbonyl (C=O) groups excluding carboxylic acids is 2. The topological polar surface area (TPSA) is 114 Å². The zero-order chi connectivity index (χ0) is 23.6. The molecule has 1 fully saturated rings. The number of amides is 2. The van der Waals surface area contributed by atoms with Crippen LogP contribution in [-0.2, 0) is 19.6 Å². The molecule has 2 amide bonds. The van der Waals surface area contributed by atoms with Crippen LogP contribution in [0.2, 0.25) is 5.02 Å². The minimum Gasteiger partial charge on any atom is -0.454 e. The highest BCUT2D eigenvalue weighted by molar-refractivity contribution is 7.89. The summed E-state index contributed by atoms with van der Waals surface area (Å²) in [7, 11) is -3.86. The van der Waals surface area contributed by atoms with Crippen LogP contribution in [0.15, 0.2) is 47.4 Å². The predicted molar refractivity (Wildman–Crippen MR) is 122 cm³/mol. The lowest BCUT2D eigenvalue weighted by molar-refractivity contribution is -0.135. The highest BCUT2D eigenvalue weighted by Crippen LogP contribution is 2.34. The summed E-state index contributed by atoms with van der Waals surface area (Å²) >= 11 is 5.81. The van der Waals surface area contributed by atoms with Gasteiger partial charge in [0.15, 0.2) is 11.5 Å². The zero-order valence-corrected chi connectivity index (χ0v) is 19.5. The number of fused-ring (bicyclic) bond motifs is 1. The van der Waals surface area contributed by atoms with Crippen LogP contribution >= 0.6 is 11.6 Å². The molecule has 2 aliphatic heterocycles. The highest BCUT2D eigenvalue weighted by Gasteiger charge is 2.31. The van der Waals surface area contributed by atoms with Crippen LogP contribution in [0.5, 0.6) is 11.5 Å². The number of benzene rings is 2. The number of ether oxygens (including phenoxy) is 2. The molecule has 2 aliphatic rings. The van der Waals surface area contributed by atoms with E-state index >= 15 is 0 Å². The van der Waals surface area contributed by atoms with E-state index in [2.05, 4.69) is 10.0 Å². The number of hydrogen-bond donors (Lipinski definition) is 2. The van der Waals surface area contributed by atoms with E-state index in [4.69, 9.17) is 21.1 Å². The third-order valence-corrected chi connectivity index (χ3v) is 7.45. The molecule has 0 unspecified atom stereocenters. The summed E-state index contributed by atoms with van der Waals surface area (Å²) in [5.74, 6) is 0.518. The van der Waals surface area contributed by atoms with Gasteiger partial charge in [0.05, 0.1) is 10.9 Å². The molecule has 1 saturated heterocycles. The van der Waals surface area contributed by atoms with Crippen LogP contribution in [0.25, 0.3) is 0 Å². The first-order valence-corrected chi connectivity index (χ1v) is 12.4. The fourth-order valence-corrected chi connectivity index (χ4v) is 5.14. The standard InChI is InChI=1S/C22H24ClN3O6S/c1-14(25-33(29,30)18-5-2-16(23)3-6-18)22(28)26-10-8-15(9-11-26)21(27)24-17-4-7-19-20(12-17)32-13-31-19/h2-7,12,14-15,25H,8-11,13H2,1H3,(H,24,27)/t14-/m0/s1. The van der Waals surface area contributed by atoms with E-state index in [1.54, 1.807) is 23.1 Å². The Labute approximate surface area is 197 Å². The van der Waals surface area contributed by atoms with E-state index in [0.717, 1.165) is 0 Å². The summed E-state index contributed by atoms with van der Waals surface area (Å²) in [6.45, 7) is 2.40. The first-order chi connectivity index (χ1) is 15.7. The van der Waals surface area contributed by atoms with Crippen molar-refractivity contribution in [2.24, 2.45) is 5.92 Å². The molecule has 9 nitrogen and oxygen atoms in total. The van der Waals surface area contributed by atoms with Crippen molar-refractivity contribution in [3.05, 3.63) is 47.5 Å². The second-order valence-electron chi connectivity index (χ2n) is 7.95. The summed E-state index contributed by atoms with van der Waals surface area (Å²) in [6, 6.07) is 9.98. The van der Waals surface area contributed by atoms with Gasteiger partial charge in [0.25, 0.3) is 0 Å². The van der Waals surface area contributed by atoms with E-state index in [9.17, 15) is 18.0 Å². The summed E-state index contributed by atoms with van der Waals surface area (Å²) in [5, 5.41) is 3.30. The van der Waals surface area contributed by atoms with E-state index < -0.39 is 16.1 Å². The molecule has 33 heavy (non-hydrogen) atoms. The fraction of sp³-hybridized carbons (Fsp3) is 0.364. The Morgan fingerprint density at radius 2 is 1.73 bits per heavy atom. The fourth-order valence-electron chi connectivity index (χ4n) is 3.82. The Kier molecular flexibility index (Phi) is 6.78. The van der Waals surface area contributed by atoms with E-state index in [0.29, 0.717) is 48.1 Å². The van der Waals surface area contributed by atoms with Crippen LogP contribution in [-0.4, -0.2) is 51.1 Å². The molecule has 2 aromatic carbocycles. The van der Waals surface area contributed by atoms with Crippen molar-refractivity contribution in [3.63, 3.8) is 0 Å². The maximum atomic E-state index is 12.8. The molecule has 0 aromatic heterocycles. The Hall–Kier alpha value is -2.82. The molecule has 0 saturated carbocycles. The number of anilines is 1. The van der Waals surface area contributed by atoms with Crippen LogP contribution in [0.3, 0.4) is 0 Å². The molecule has 2 heterocycles. The molecule has 11 heteroatoms. The first-order valence-electron chi connectivity index (χ1n) is 10.5. The zero-order valence-electron chi connectivity index (χ0n) is 17.9. The molecule has 2 aromatic rings. The van der Waals surface area contributed by atoms with Crippen LogP contribution in [0, 0.1) is 5.92 Å². The number of halogens is 1. The molecular weight excluding hydrogens is 470 g/mol.